The molecule has 0 aliphatic carbocycles. The topological polar surface area (TPSA) is 70.0 Å². The first kappa shape index (κ1) is 16.9. The molecule has 1 aromatic carbocycles. The first-order valence-electron chi connectivity index (χ1n) is 5.98. The van der Waals surface area contributed by atoms with Crippen LogP contribution in [-0.2, 0) is 0 Å². The summed E-state index contributed by atoms with van der Waals surface area (Å²) in [5.41, 5.74) is 7.47. The van der Waals surface area contributed by atoms with E-state index in [0.717, 1.165) is 12.0 Å². The third kappa shape index (κ3) is 5.05. The van der Waals surface area contributed by atoms with E-state index in [0.29, 0.717) is 17.9 Å². The van der Waals surface area contributed by atoms with Crippen molar-refractivity contribution in [1.29, 1.82) is 5.26 Å². The first-order valence-corrected chi connectivity index (χ1v) is 5.98. The van der Waals surface area contributed by atoms with Gasteiger partial charge in [0.25, 0.3) is 0 Å². The average Bonchev–Trinajstić information content (AvgIpc) is 2.35. The van der Waals surface area contributed by atoms with Gasteiger partial charge in [-0.1, -0.05) is 26.0 Å². The van der Waals surface area contributed by atoms with Gasteiger partial charge in [0.15, 0.2) is 0 Å². The first-order chi connectivity index (χ1) is 8.04. The van der Waals surface area contributed by atoms with Gasteiger partial charge in [-0.2, -0.15) is 5.26 Å². The number of hydrogen-bond acceptors (Lipinski definition) is 3. The maximum absolute atomic E-state index is 9.96. The minimum Gasteiger partial charge on any atom is -0.391 e. The molecule has 0 saturated carbocycles. The Labute approximate surface area is 115 Å². The molecule has 0 radical (unpaired) electrons. The van der Waals surface area contributed by atoms with Crippen molar-refractivity contribution < 1.29 is 5.11 Å². The zero-order valence-corrected chi connectivity index (χ0v) is 11.7. The van der Waals surface area contributed by atoms with Crippen LogP contribution < -0.4 is 5.73 Å². The average molecular weight is 269 g/mol. The van der Waals surface area contributed by atoms with Gasteiger partial charge in [-0.15, -0.1) is 12.4 Å². The number of nitriles is 1. The normalized spacial score (nSPS) is 13.6. The molecule has 100 valence electrons. The molecule has 2 atom stereocenters. The summed E-state index contributed by atoms with van der Waals surface area (Å²) in [6, 6.07) is 8.75. The number of benzene rings is 1. The highest BCUT2D eigenvalue weighted by Gasteiger charge is 2.16. The second-order valence-electron chi connectivity index (χ2n) is 4.80. The standard InChI is InChI=1S/C14H20N2O.ClH/c1-10(2)3-8-13(17)14(16)12-6-4-11(9-15)5-7-12;/h4-7,10,13-14,17H,3,8,16H2,1-2H3;1H/t13-,14+;/m1./s1. The molecule has 0 aromatic heterocycles. The molecule has 1 aromatic rings. The van der Waals surface area contributed by atoms with Crippen LogP contribution in [0.1, 0.15) is 43.9 Å². The maximum atomic E-state index is 9.96. The Morgan fingerprint density at radius 3 is 2.22 bits per heavy atom. The Morgan fingerprint density at radius 2 is 1.78 bits per heavy atom. The molecule has 1 rings (SSSR count). The van der Waals surface area contributed by atoms with Gasteiger partial charge < -0.3 is 10.8 Å². The number of rotatable bonds is 5. The number of aliphatic hydroxyl groups is 1. The van der Waals surface area contributed by atoms with E-state index in [4.69, 9.17) is 11.0 Å². The summed E-state index contributed by atoms with van der Waals surface area (Å²) in [6.45, 7) is 4.25. The number of halogens is 1. The van der Waals surface area contributed by atoms with E-state index in [2.05, 4.69) is 19.9 Å². The predicted molar refractivity (Wildman–Crippen MR) is 75.4 cm³/mol. The Hall–Kier alpha value is -1.08. The molecule has 0 amide bonds. The van der Waals surface area contributed by atoms with Crippen LogP contribution in [0.3, 0.4) is 0 Å². The fourth-order valence-electron chi connectivity index (χ4n) is 1.69. The van der Waals surface area contributed by atoms with Gasteiger partial charge in [-0.25, -0.2) is 0 Å². The van der Waals surface area contributed by atoms with Crippen molar-refractivity contribution in [3.63, 3.8) is 0 Å². The van der Waals surface area contributed by atoms with Crippen LogP contribution >= 0.6 is 12.4 Å². The quantitative estimate of drug-likeness (QED) is 0.863. The molecular weight excluding hydrogens is 248 g/mol. The fourth-order valence-corrected chi connectivity index (χ4v) is 1.69. The summed E-state index contributed by atoms with van der Waals surface area (Å²) in [6.07, 6.45) is 1.15. The van der Waals surface area contributed by atoms with Crippen LogP contribution in [0, 0.1) is 17.2 Å². The minimum atomic E-state index is -0.523. The van der Waals surface area contributed by atoms with E-state index in [-0.39, 0.29) is 18.4 Å². The summed E-state index contributed by atoms with van der Waals surface area (Å²) in [5, 5.41) is 18.6. The van der Waals surface area contributed by atoms with Crippen molar-refractivity contribution in [1.82, 2.24) is 0 Å². The van der Waals surface area contributed by atoms with Gasteiger partial charge in [-0.3, -0.25) is 0 Å². The molecule has 3 nitrogen and oxygen atoms in total. The summed E-state index contributed by atoms with van der Waals surface area (Å²) < 4.78 is 0. The molecule has 0 aliphatic heterocycles. The van der Waals surface area contributed by atoms with Gasteiger partial charge in [0.05, 0.1) is 23.8 Å². The smallest absolute Gasteiger partial charge is 0.0991 e. The minimum absolute atomic E-state index is 0. The van der Waals surface area contributed by atoms with E-state index in [1.54, 1.807) is 12.1 Å². The SMILES string of the molecule is CC(C)CC[C@@H](O)[C@@H](N)c1ccc(C#N)cc1.Cl. The second kappa shape index (κ2) is 8.10. The highest BCUT2D eigenvalue weighted by molar-refractivity contribution is 5.85. The number of nitrogens with two attached hydrogens (primary N) is 1. The van der Waals surface area contributed by atoms with Crippen LogP contribution in [0.25, 0.3) is 0 Å². The number of nitrogens with zero attached hydrogens (tertiary/aromatic N) is 1. The van der Waals surface area contributed by atoms with Crippen molar-refractivity contribution in [3.8, 4) is 6.07 Å². The Balaban J connectivity index is 0.00000289. The highest BCUT2D eigenvalue weighted by Crippen LogP contribution is 2.19. The van der Waals surface area contributed by atoms with Crippen LogP contribution in [-0.4, -0.2) is 11.2 Å². The lowest BCUT2D eigenvalue weighted by molar-refractivity contribution is 0.128. The molecule has 0 aliphatic rings. The number of aliphatic hydroxyl groups excluding tert-OH is 1. The monoisotopic (exact) mass is 268 g/mol. The molecule has 18 heavy (non-hydrogen) atoms. The van der Waals surface area contributed by atoms with Crippen LogP contribution in [0.2, 0.25) is 0 Å². The molecule has 4 heteroatoms. The zero-order chi connectivity index (χ0) is 12.8. The Morgan fingerprint density at radius 1 is 1.22 bits per heavy atom. The van der Waals surface area contributed by atoms with Crippen LogP contribution in [0.4, 0.5) is 0 Å². The van der Waals surface area contributed by atoms with Crippen molar-refractivity contribution in [2.75, 3.05) is 0 Å². The van der Waals surface area contributed by atoms with Gasteiger partial charge in [0, 0.05) is 0 Å². The molecular formula is C14H21ClN2O. The summed E-state index contributed by atoms with van der Waals surface area (Å²) in [4.78, 5) is 0. The Bertz CT molecular complexity index is 384. The lowest BCUT2D eigenvalue weighted by atomic mass is 9.95. The van der Waals surface area contributed by atoms with Gasteiger partial charge in [0.1, 0.15) is 0 Å². The van der Waals surface area contributed by atoms with Crippen molar-refractivity contribution in [2.24, 2.45) is 11.7 Å². The maximum Gasteiger partial charge on any atom is 0.0991 e. The molecule has 3 N–H and O–H groups in total. The summed E-state index contributed by atoms with van der Waals surface area (Å²) in [5.74, 6) is 0.567. The molecule has 0 bridgehead atoms. The van der Waals surface area contributed by atoms with E-state index in [1.807, 2.05) is 12.1 Å². The lowest BCUT2D eigenvalue weighted by Gasteiger charge is -2.20. The third-order valence-electron chi connectivity index (χ3n) is 2.88. The molecule has 0 spiro atoms. The van der Waals surface area contributed by atoms with Crippen molar-refractivity contribution >= 4 is 12.4 Å². The lowest BCUT2D eigenvalue weighted by Crippen LogP contribution is -2.26. The predicted octanol–water partition coefficient (Wildman–Crippen LogP) is 2.78. The van der Waals surface area contributed by atoms with Gasteiger partial charge in [-0.05, 0) is 36.5 Å². The van der Waals surface area contributed by atoms with Crippen LogP contribution in [0.5, 0.6) is 0 Å². The van der Waals surface area contributed by atoms with Crippen LogP contribution in [0.15, 0.2) is 24.3 Å². The van der Waals surface area contributed by atoms with Crippen molar-refractivity contribution in [3.05, 3.63) is 35.4 Å². The molecule has 0 fully saturated rings. The third-order valence-corrected chi connectivity index (χ3v) is 2.88. The zero-order valence-electron chi connectivity index (χ0n) is 10.8. The summed E-state index contributed by atoms with van der Waals surface area (Å²) in [7, 11) is 0. The van der Waals surface area contributed by atoms with Gasteiger partial charge in [0.2, 0.25) is 0 Å². The largest absolute Gasteiger partial charge is 0.391 e. The van der Waals surface area contributed by atoms with Crippen molar-refractivity contribution in [2.45, 2.75) is 38.8 Å². The fraction of sp³-hybridized carbons (Fsp3) is 0.500. The molecule has 0 unspecified atom stereocenters. The number of hydrogen-bond donors (Lipinski definition) is 2. The van der Waals surface area contributed by atoms with E-state index in [9.17, 15) is 5.11 Å². The van der Waals surface area contributed by atoms with E-state index >= 15 is 0 Å². The Kier molecular flexibility index (Phi) is 7.61. The van der Waals surface area contributed by atoms with E-state index < -0.39 is 6.10 Å². The highest BCUT2D eigenvalue weighted by atomic mass is 35.5. The molecule has 0 heterocycles. The van der Waals surface area contributed by atoms with E-state index in [1.165, 1.54) is 0 Å². The molecule has 0 saturated heterocycles. The second-order valence-corrected chi connectivity index (χ2v) is 4.80. The summed E-state index contributed by atoms with van der Waals surface area (Å²) >= 11 is 0. The van der Waals surface area contributed by atoms with Gasteiger partial charge >= 0.3 is 0 Å².